The van der Waals surface area contributed by atoms with Crippen molar-refractivity contribution in [3.8, 4) is 6.07 Å². The Morgan fingerprint density at radius 3 is 2.72 bits per heavy atom. The molecule has 0 bridgehead atoms. The lowest BCUT2D eigenvalue weighted by Crippen LogP contribution is -2.33. The Morgan fingerprint density at radius 1 is 1.28 bits per heavy atom. The Labute approximate surface area is 152 Å². The molecule has 0 saturated heterocycles. The first-order valence-corrected chi connectivity index (χ1v) is 9.54. The molecule has 1 atom stereocenters. The van der Waals surface area contributed by atoms with Crippen molar-refractivity contribution in [2.75, 3.05) is 11.9 Å². The zero-order valence-corrected chi connectivity index (χ0v) is 15.5. The van der Waals surface area contributed by atoms with Gasteiger partial charge >= 0.3 is 0 Å². The van der Waals surface area contributed by atoms with E-state index in [1.54, 1.807) is 11.3 Å². The van der Waals surface area contributed by atoms with Gasteiger partial charge in [-0.1, -0.05) is 44.2 Å². The van der Waals surface area contributed by atoms with E-state index in [9.17, 15) is 10.1 Å². The van der Waals surface area contributed by atoms with Crippen molar-refractivity contribution in [1.82, 2.24) is 5.32 Å². The van der Waals surface area contributed by atoms with Gasteiger partial charge in [0.2, 0.25) is 5.91 Å². The fourth-order valence-corrected chi connectivity index (χ4v) is 4.64. The van der Waals surface area contributed by atoms with Crippen LogP contribution in [0.3, 0.4) is 0 Å². The third-order valence-corrected chi connectivity index (χ3v) is 5.80. The van der Waals surface area contributed by atoms with Crippen LogP contribution in [0.25, 0.3) is 0 Å². The van der Waals surface area contributed by atoms with Crippen LogP contribution < -0.4 is 10.6 Å². The summed E-state index contributed by atoms with van der Waals surface area (Å²) in [6.45, 7) is 4.51. The number of carbonyl (C=O) groups excluding carboxylic acids is 1. The van der Waals surface area contributed by atoms with E-state index in [-0.39, 0.29) is 18.5 Å². The molecule has 1 heterocycles. The van der Waals surface area contributed by atoms with E-state index in [0.717, 1.165) is 24.8 Å². The molecule has 0 aliphatic heterocycles. The Balaban J connectivity index is 1.64. The minimum Gasteiger partial charge on any atom is -0.315 e. The van der Waals surface area contributed by atoms with Crippen molar-refractivity contribution >= 4 is 22.2 Å². The average Bonchev–Trinajstić information content (AvgIpc) is 3.16. The highest BCUT2D eigenvalue weighted by Gasteiger charge is 2.23. The van der Waals surface area contributed by atoms with E-state index in [2.05, 4.69) is 42.7 Å². The van der Waals surface area contributed by atoms with Crippen LogP contribution in [-0.4, -0.2) is 12.5 Å². The normalized spacial score (nSPS) is 14.2. The van der Waals surface area contributed by atoms with Crippen molar-refractivity contribution in [2.24, 2.45) is 5.92 Å². The Kier molecular flexibility index (Phi) is 5.52. The lowest BCUT2D eigenvalue weighted by molar-refractivity contribution is -0.115. The number of hydrogen-bond acceptors (Lipinski definition) is 4. The standard InChI is InChI=1S/C20H23N3OS/c1-13(2)19(14-7-4-3-5-8-14)22-12-18(24)23-20-16(11-21)15-9-6-10-17(15)25-20/h3-5,7-8,13,19,22H,6,9-10,12H2,1-2H3,(H,23,24)/t19-/m0/s1. The molecule has 0 saturated carbocycles. The van der Waals surface area contributed by atoms with E-state index < -0.39 is 0 Å². The van der Waals surface area contributed by atoms with Crippen LogP contribution in [0, 0.1) is 17.2 Å². The maximum Gasteiger partial charge on any atom is 0.238 e. The summed E-state index contributed by atoms with van der Waals surface area (Å²) in [5, 5.41) is 16.4. The van der Waals surface area contributed by atoms with Gasteiger partial charge in [-0.25, -0.2) is 0 Å². The number of anilines is 1. The number of aryl methyl sites for hydroxylation is 1. The summed E-state index contributed by atoms with van der Waals surface area (Å²) in [6.07, 6.45) is 3.08. The number of nitrogens with one attached hydrogen (secondary N) is 2. The highest BCUT2D eigenvalue weighted by molar-refractivity contribution is 7.16. The molecule has 2 N–H and O–H groups in total. The van der Waals surface area contributed by atoms with Crippen LogP contribution >= 0.6 is 11.3 Å². The minimum atomic E-state index is -0.0991. The van der Waals surface area contributed by atoms with Crippen LogP contribution in [0.4, 0.5) is 5.00 Å². The topological polar surface area (TPSA) is 64.9 Å². The lowest BCUT2D eigenvalue weighted by Gasteiger charge is -2.22. The van der Waals surface area contributed by atoms with E-state index in [1.807, 2.05) is 18.2 Å². The second-order valence-electron chi connectivity index (χ2n) is 6.73. The second-order valence-corrected chi connectivity index (χ2v) is 7.84. The van der Waals surface area contributed by atoms with Crippen molar-refractivity contribution < 1.29 is 4.79 Å². The zero-order valence-electron chi connectivity index (χ0n) is 14.6. The molecule has 1 aromatic heterocycles. The maximum absolute atomic E-state index is 12.4. The molecule has 2 aromatic rings. The quantitative estimate of drug-likeness (QED) is 0.824. The molecular formula is C20H23N3OS. The smallest absolute Gasteiger partial charge is 0.238 e. The van der Waals surface area contributed by atoms with Crippen LogP contribution in [0.15, 0.2) is 30.3 Å². The maximum atomic E-state index is 12.4. The monoisotopic (exact) mass is 353 g/mol. The number of benzene rings is 1. The van der Waals surface area contributed by atoms with Gasteiger partial charge in [0, 0.05) is 10.9 Å². The van der Waals surface area contributed by atoms with Crippen LogP contribution in [0.1, 0.15) is 47.9 Å². The summed E-state index contributed by atoms with van der Waals surface area (Å²) >= 11 is 1.56. The summed E-state index contributed by atoms with van der Waals surface area (Å²) in [5.41, 5.74) is 2.98. The molecule has 1 aliphatic rings. The zero-order chi connectivity index (χ0) is 17.8. The third-order valence-electron chi connectivity index (χ3n) is 4.59. The summed E-state index contributed by atoms with van der Waals surface area (Å²) < 4.78 is 0. The molecule has 0 fully saturated rings. The number of thiophene rings is 1. The molecule has 5 heteroatoms. The Bertz CT molecular complexity index is 789. The fraction of sp³-hybridized carbons (Fsp3) is 0.400. The number of carbonyl (C=O) groups is 1. The molecule has 1 aliphatic carbocycles. The summed E-state index contributed by atoms with van der Waals surface area (Å²) in [5.74, 6) is 0.272. The predicted molar refractivity (Wildman–Crippen MR) is 102 cm³/mol. The van der Waals surface area contributed by atoms with Crippen molar-refractivity contribution in [3.05, 3.63) is 51.9 Å². The minimum absolute atomic E-state index is 0.0991. The van der Waals surface area contributed by atoms with Gasteiger partial charge in [0.05, 0.1) is 12.1 Å². The molecule has 4 nitrogen and oxygen atoms in total. The first kappa shape index (κ1) is 17.7. The largest absolute Gasteiger partial charge is 0.315 e. The van der Waals surface area contributed by atoms with Gasteiger partial charge in [-0.05, 0) is 36.3 Å². The van der Waals surface area contributed by atoms with Gasteiger partial charge in [-0.15, -0.1) is 11.3 Å². The molecule has 1 aromatic carbocycles. The Hall–Kier alpha value is -2.16. The van der Waals surface area contributed by atoms with E-state index >= 15 is 0 Å². The lowest BCUT2D eigenvalue weighted by atomic mass is 9.96. The Morgan fingerprint density at radius 2 is 2.04 bits per heavy atom. The van der Waals surface area contributed by atoms with Gasteiger partial charge in [-0.2, -0.15) is 5.26 Å². The van der Waals surface area contributed by atoms with E-state index in [1.165, 1.54) is 10.4 Å². The molecule has 0 radical (unpaired) electrons. The number of hydrogen-bond donors (Lipinski definition) is 2. The third kappa shape index (κ3) is 3.92. The van der Waals surface area contributed by atoms with Crippen LogP contribution in [0.5, 0.6) is 0 Å². The van der Waals surface area contributed by atoms with Gasteiger partial charge in [0.25, 0.3) is 0 Å². The highest BCUT2D eigenvalue weighted by Crippen LogP contribution is 2.38. The number of fused-ring (bicyclic) bond motifs is 1. The summed E-state index contributed by atoms with van der Waals surface area (Å²) in [7, 11) is 0. The van der Waals surface area contributed by atoms with Crippen molar-refractivity contribution in [1.29, 1.82) is 5.26 Å². The number of nitriles is 1. The molecule has 0 unspecified atom stereocenters. The van der Waals surface area contributed by atoms with Crippen LogP contribution in [-0.2, 0) is 17.6 Å². The second kappa shape index (κ2) is 7.81. The summed E-state index contributed by atoms with van der Waals surface area (Å²) in [6, 6.07) is 12.6. The fourth-order valence-electron chi connectivity index (χ4n) is 3.38. The molecule has 1 amide bonds. The van der Waals surface area contributed by atoms with Gasteiger partial charge in [0.1, 0.15) is 11.1 Å². The number of nitrogens with zero attached hydrogens (tertiary/aromatic N) is 1. The van der Waals surface area contributed by atoms with Gasteiger partial charge in [0.15, 0.2) is 0 Å². The molecule has 0 spiro atoms. The number of amides is 1. The van der Waals surface area contributed by atoms with E-state index in [0.29, 0.717) is 16.5 Å². The van der Waals surface area contributed by atoms with Gasteiger partial charge < -0.3 is 10.6 Å². The van der Waals surface area contributed by atoms with Crippen molar-refractivity contribution in [3.63, 3.8) is 0 Å². The molecular weight excluding hydrogens is 330 g/mol. The van der Waals surface area contributed by atoms with Gasteiger partial charge in [-0.3, -0.25) is 4.79 Å². The van der Waals surface area contributed by atoms with Crippen LogP contribution in [0.2, 0.25) is 0 Å². The SMILES string of the molecule is CC(C)[C@H](NCC(=O)Nc1sc2c(c1C#N)CCC2)c1ccccc1. The van der Waals surface area contributed by atoms with Crippen molar-refractivity contribution in [2.45, 2.75) is 39.2 Å². The predicted octanol–water partition coefficient (Wildman–Crippen LogP) is 4.03. The number of rotatable bonds is 6. The average molecular weight is 353 g/mol. The first-order valence-electron chi connectivity index (χ1n) is 8.73. The molecule has 25 heavy (non-hydrogen) atoms. The molecule has 130 valence electrons. The molecule has 3 rings (SSSR count). The highest BCUT2D eigenvalue weighted by atomic mass is 32.1. The van der Waals surface area contributed by atoms with E-state index in [4.69, 9.17) is 0 Å². The first-order chi connectivity index (χ1) is 12.1. The summed E-state index contributed by atoms with van der Waals surface area (Å²) in [4.78, 5) is 13.6.